The van der Waals surface area contributed by atoms with Gasteiger partial charge in [-0.15, -0.1) is 11.3 Å². The predicted octanol–water partition coefficient (Wildman–Crippen LogP) is 3.86. The number of carbonyl (C=O) groups excluding carboxylic acids is 2. The number of thiophene rings is 1. The summed E-state index contributed by atoms with van der Waals surface area (Å²) in [7, 11) is -0.522. The summed E-state index contributed by atoms with van der Waals surface area (Å²) in [6.45, 7) is 9.50. The van der Waals surface area contributed by atoms with E-state index in [4.69, 9.17) is 9.31 Å². The molecule has 1 fully saturated rings. The highest BCUT2D eigenvalue weighted by Crippen LogP contribution is 2.39. The minimum Gasteiger partial charge on any atom is -0.400 e. The molecule has 2 heterocycles. The molecule has 1 aromatic heterocycles. The molecule has 4 nitrogen and oxygen atoms in total. The van der Waals surface area contributed by atoms with Gasteiger partial charge in [0.1, 0.15) is 0 Å². The lowest BCUT2D eigenvalue weighted by molar-refractivity contribution is -0.109. The number of rotatable bonds is 5. The molecule has 1 saturated heterocycles. The quantitative estimate of drug-likeness (QED) is 0.595. The second-order valence-corrected chi connectivity index (χ2v) is 8.55. The van der Waals surface area contributed by atoms with Crippen molar-refractivity contribution in [2.75, 3.05) is 5.75 Å². The van der Waals surface area contributed by atoms with Crippen molar-refractivity contribution in [2.45, 2.75) is 45.8 Å². The second-order valence-electron chi connectivity index (χ2n) is 6.45. The third-order valence-electron chi connectivity index (χ3n) is 4.17. The number of hydrogen-bond donors (Lipinski definition) is 0. The number of hydrogen-bond acceptors (Lipinski definition) is 6. The highest BCUT2D eigenvalue weighted by atomic mass is 32.2. The van der Waals surface area contributed by atoms with Gasteiger partial charge in [-0.05, 0) is 50.2 Å². The van der Waals surface area contributed by atoms with Crippen LogP contribution in [0.1, 0.15) is 49.9 Å². The molecule has 124 valence electrons. The van der Waals surface area contributed by atoms with Crippen LogP contribution < -0.4 is 0 Å². The number of carbonyl (C=O) groups is 2. The Labute approximate surface area is 145 Å². The normalized spacial score (nSPS) is 19.9. The first-order valence-electron chi connectivity index (χ1n) is 7.38. The van der Waals surface area contributed by atoms with Gasteiger partial charge in [-0.25, -0.2) is 0 Å². The second kappa shape index (κ2) is 6.93. The molecule has 2 rings (SSSR count). The molecule has 0 spiro atoms. The topological polar surface area (TPSA) is 52.6 Å². The molecule has 0 aliphatic carbocycles. The summed E-state index contributed by atoms with van der Waals surface area (Å²) >= 11 is 2.60. The van der Waals surface area contributed by atoms with E-state index in [-0.39, 0.29) is 5.12 Å². The molecule has 0 atom stereocenters. The van der Waals surface area contributed by atoms with Crippen LogP contribution in [0.3, 0.4) is 0 Å². The highest BCUT2D eigenvalue weighted by Gasteiger charge is 2.52. The van der Waals surface area contributed by atoms with Crippen LogP contribution in [-0.2, 0) is 14.1 Å². The third kappa shape index (κ3) is 4.15. The fourth-order valence-corrected chi connectivity index (χ4v) is 3.37. The maximum Gasteiger partial charge on any atom is 0.491 e. The molecule has 1 aliphatic rings. The van der Waals surface area contributed by atoms with E-state index in [1.54, 1.807) is 0 Å². The Morgan fingerprint density at radius 3 is 2.43 bits per heavy atom. The summed E-state index contributed by atoms with van der Waals surface area (Å²) in [5, 5.41) is 1.91. The molecule has 23 heavy (non-hydrogen) atoms. The summed E-state index contributed by atoms with van der Waals surface area (Å²) in [6, 6.07) is 1.89. The molecule has 0 unspecified atom stereocenters. The van der Waals surface area contributed by atoms with Crippen molar-refractivity contribution in [3.05, 3.63) is 27.4 Å². The monoisotopic (exact) mass is 352 g/mol. The van der Waals surface area contributed by atoms with Gasteiger partial charge in [-0.2, -0.15) is 0 Å². The Hall–Kier alpha value is -0.885. The lowest BCUT2D eigenvalue weighted by Gasteiger charge is -2.32. The van der Waals surface area contributed by atoms with Crippen molar-refractivity contribution in [2.24, 2.45) is 0 Å². The van der Waals surface area contributed by atoms with Crippen LogP contribution in [0.2, 0.25) is 0 Å². The molecule has 1 aromatic rings. The maximum atomic E-state index is 11.3. The van der Waals surface area contributed by atoms with Crippen molar-refractivity contribution in [1.82, 2.24) is 0 Å². The van der Waals surface area contributed by atoms with Crippen LogP contribution in [0.5, 0.6) is 0 Å². The van der Waals surface area contributed by atoms with E-state index in [9.17, 15) is 9.59 Å². The van der Waals surface area contributed by atoms with Gasteiger partial charge in [0.25, 0.3) is 0 Å². The minimum absolute atomic E-state index is 0.0355. The van der Waals surface area contributed by atoms with Gasteiger partial charge in [0, 0.05) is 12.7 Å². The molecule has 1 aliphatic heterocycles. The van der Waals surface area contributed by atoms with E-state index in [1.165, 1.54) is 30.0 Å². The summed E-state index contributed by atoms with van der Waals surface area (Å²) in [6.07, 6.45) is 2.74. The van der Waals surface area contributed by atoms with Gasteiger partial charge >= 0.3 is 7.12 Å². The van der Waals surface area contributed by atoms with Crippen molar-refractivity contribution in [3.63, 3.8) is 0 Å². The van der Waals surface area contributed by atoms with E-state index < -0.39 is 18.3 Å². The van der Waals surface area contributed by atoms with Crippen LogP contribution in [0.4, 0.5) is 0 Å². The van der Waals surface area contributed by atoms with Crippen LogP contribution in [-0.4, -0.2) is 35.5 Å². The zero-order chi connectivity index (χ0) is 17.3. The Kier molecular flexibility index (Phi) is 5.56. The average molecular weight is 352 g/mol. The minimum atomic E-state index is -0.522. The fourth-order valence-electron chi connectivity index (χ4n) is 2.10. The third-order valence-corrected chi connectivity index (χ3v) is 5.92. The van der Waals surface area contributed by atoms with E-state index in [1.807, 2.05) is 45.2 Å². The molecular formula is C16H21BO4S2. The Morgan fingerprint density at radius 2 is 1.91 bits per heavy atom. The zero-order valence-corrected chi connectivity index (χ0v) is 15.7. The molecule has 0 saturated carbocycles. The van der Waals surface area contributed by atoms with E-state index in [2.05, 4.69) is 0 Å². The average Bonchev–Trinajstić information content (AvgIpc) is 2.96. The van der Waals surface area contributed by atoms with E-state index in [0.717, 1.165) is 17.3 Å². The van der Waals surface area contributed by atoms with Gasteiger partial charge in [-0.1, -0.05) is 17.8 Å². The van der Waals surface area contributed by atoms with Gasteiger partial charge < -0.3 is 9.31 Å². The molecule has 0 bridgehead atoms. The van der Waals surface area contributed by atoms with Gasteiger partial charge in [0.2, 0.25) is 0 Å². The van der Waals surface area contributed by atoms with Crippen LogP contribution in [0.25, 0.3) is 6.08 Å². The Balaban J connectivity index is 2.32. The zero-order valence-electron chi connectivity index (χ0n) is 14.0. The first kappa shape index (κ1) is 18.5. The first-order valence-corrected chi connectivity index (χ1v) is 9.25. The van der Waals surface area contributed by atoms with Crippen molar-refractivity contribution >= 4 is 47.7 Å². The molecule has 0 radical (unpaired) electrons. The highest BCUT2D eigenvalue weighted by molar-refractivity contribution is 8.13. The SMILES string of the molecule is CC(=O)SCC(=Cc1ccsc1C=O)B1OC(C)(C)C(C)(C)O1. The van der Waals surface area contributed by atoms with Gasteiger partial charge in [0.15, 0.2) is 11.4 Å². The standard InChI is InChI=1S/C16H21BO4S2/c1-11(19)23-10-13(8-12-6-7-22-14(12)9-18)17-20-15(2,3)16(4,5)21-17/h6-9H,10H2,1-5H3. The largest absolute Gasteiger partial charge is 0.491 e. The molecule has 0 N–H and O–H groups in total. The molecular weight excluding hydrogens is 331 g/mol. The molecule has 0 aromatic carbocycles. The van der Waals surface area contributed by atoms with Crippen molar-refractivity contribution in [1.29, 1.82) is 0 Å². The van der Waals surface area contributed by atoms with E-state index in [0.29, 0.717) is 10.6 Å². The van der Waals surface area contributed by atoms with Crippen molar-refractivity contribution < 1.29 is 18.9 Å². The van der Waals surface area contributed by atoms with E-state index >= 15 is 0 Å². The predicted molar refractivity (Wildman–Crippen MR) is 96.9 cm³/mol. The lowest BCUT2D eigenvalue weighted by Crippen LogP contribution is -2.41. The van der Waals surface area contributed by atoms with Gasteiger partial charge in [-0.3, -0.25) is 9.59 Å². The summed E-state index contributed by atoms with van der Waals surface area (Å²) < 4.78 is 12.2. The van der Waals surface area contributed by atoms with Gasteiger partial charge in [0.05, 0.1) is 16.1 Å². The first-order chi connectivity index (χ1) is 10.7. The summed E-state index contributed by atoms with van der Waals surface area (Å²) in [5.41, 5.74) is 0.795. The maximum absolute atomic E-state index is 11.3. The summed E-state index contributed by atoms with van der Waals surface area (Å²) in [4.78, 5) is 23.1. The smallest absolute Gasteiger partial charge is 0.400 e. The number of aldehydes is 1. The Bertz CT molecular complexity index is 618. The molecule has 7 heteroatoms. The fraction of sp³-hybridized carbons (Fsp3) is 0.500. The number of thioether (sulfide) groups is 1. The lowest BCUT2D eigenvalue weighted by atomic mass is 9.78. The van der Waals surface area contributed by atoms with Crippen molar-refractivity contribution in [3.8, 4) is 0 Å². The van der Waals surface area contributed by atoms with Crippen LogP contribution in [0.15, 0.2) is 16.9 Å². The van der Waals surface area contributed by atoms with Crippen LogP contribution >= 0.6 is 23.1 Å². The Morgan fingerprint density at radius 1 is 1.30 bits per heavy atom. The summed E-state index contributed by atoms with van der Waals surface area (Å²) in [5.74, 6) is 0.473. The van der Waals surface area contributed by atoms with Crippen LogP contribution in [0, 0.1) is 0 Å². The molecule has 0 amide bonds.